The van der Waals surface area contributed by atoms with Crippen LogP contribution < -0.4 is 5.73 Å². The second kappa shape index (κ2) is 5.01. The van der Waals surface area contributed by atoms with Crippen molar-refractivity contribution >= 4 is 11.6 Å². The Kier molecular flexibility index (Phi) is 3.95. The van der Waals surface area contributed by atoms with E-state index in [1.165, 1.54) is 6.07 Å². The highest BCUT2D eigenvalue weighted by atomic mass is 35.5. The highest BCUT2D eigenvalue weighted by Gasteiger charge is 2.17. The molecule has 6 heteroatoms. The molecule has 0 spiro atoms. The highest BCUT2D eigenvalue weighted by Crippen LogP contribution is 2.25. The van der Waals surface area contributed by atoms with Gasteiger partial charge in [-0.2, -0.15) is 5.26 Å². The largest absolute Gasteiger partial charge is 0.326 e. The van der Waals surface area contributed by atoms with Crippen LogP contribution in [0.3, 0.4) is 0 Å². The molecule has 15 heavy (non-hydrogen) atoms. The molecule has 1 aromatic rings. The minimum Gasteiger partial charge on any atom is -0.326 e. The van der Waals surface area contributed by atoms with Crippen LogP contribution >= 0.6 is 11.6 Å². The van der Waals surface area contributed by atoms with E-state index < -0.39 is 12.1 Å². The molecule has 0 bridgehead atoms. The smallest absolute Gasteiger partial charge is 0.280 e. The molecule has 80 valence electrons. The van der Waals surface area contributed by atoms with E-state index in [1.54, 1.807) is 6.07 Å². The van der Waals surface area contributed by atoms with Gasteiger partial charge in [0.2, 0.25) is 0 Å². The Balaban J connectivity index is 3.26. The molecular formula is C9H8ClF2N3. The Hall–Kier alpha value is -1.25. The first-order valence-corrected chi connectivity index (χ1v) is 4.51. The van der Waals surface area contributed by atoms with Gasteiger partial charge < -0.3 is 5.73 Å². The number of rotatable bonds is 3. The quantitative estimate of drug-likeness (QED) is 0.811. The van der Waals surface area contributed by atoms with Gasteiger partial charge in [-0.25, -0.2) is 13.8 Å². The van der Waals surface area contributed by atoms with E-state index in [-0.39, 0.29) is 23.7 Å². The summed E-state index contributed by atoms with van der Waals surface area (Å²) in [7, 11) is 0. The topological polar surface area (TPSA) is 62.7 Å². The summed E-state index contributed by atoms with van der Waals surface area (Å²) >= 11 is 5.64. The van der Waals surface area contributed by atoms with Gasteiger partial charge in [0.1, 0.15) is 10.8 Å². The molecule has 1 heterocycles. The molecule has 2 N–H and O–H groups in total. The van der Waals surface area contributed by atoms with Crippen molar-refractivity contribution in [3.05, 3.63) is 28.0 Å². The van der Waals surface area contributed by atoms with Crippen molar-refractivity contribution in [2.24, 2.45) is 5.73 Å². The standard InChI is InChI=1S/C9H8ClF2N3/c10-8-6(4-14)3-5(1-2-13)7(15-8)9(11)12/h3,9H,1,4,14H2. The lowest BCUT2D eigenvalue weighted by Crippen LogP contribution is -2.05. The van der Waals surface area contributed by atoms with Gasteiger partial charge in [-0.15, -0.1) is 0 Å². The Morgan fingerprint density at radius 3 is 2.67 bits per heavy atom. The molecule has 0 aliphatic carbocycles. The predicted octanol–water partition coefficient (Wildman–Crippen LogP) is 2.20. The van der Waals surface area contributed by atoms with Crippen LogP contribution in [-0.4, -0.2) is 4.98 Å². The van der Waals surface area contributed by atoms with Crippen LogP contribution in [0.4, 0.5) is 8.78 Å². The number of nitrogens with two attached hydrogens (primary N) is 1. The lowest BCUT2D eigenvalue weighted by atomic mass is 10.1. The van der Waals surface area contributed by atoms with Crippen LogP contribution in [0.1, 0.15) is 23.2 Å². The highest BCUT2D eigenvalue weighted by molar-refractivity contribution is 6.30. The minimum absolute atomic E-state index is 0.0329. The third-order valence-electron chi connectivity index (χ3n) is 1.86. The Labute approximate surface area is 90.5 Å². The second-order valence-electron chi connectivity index (χ2n) is 2.82. The van der Waals surface area contributed by atoms with E-state index in [0.717, 1.165) is 0 Å². The summed E-state index contributed by atoms with van der Waals surface area (Å²) in [5.74, 6) is 0. The first-order chi connectivity index (χ1) is 7.10. The summed E-state index contributed by atoms with van der Waals surface area (Å²) in [6.45, 7) is 0.105. The molecule has 0 aliphatic rings. The van der Waals surface area contributed by atoms with Crippen LogP contribution in [-0.2, 0) is 13.0 Å². The zero-order chi connectivity index (χ0) is 11.4. The normalized spacial score (nSPS) is 10.4. The van der Waals surface area contributed by atoms with Gasteiger partial charge in [-0.3, -0.25) is 0 Å². The molecule has 0 amide bonds. The van der Waals surface area contributed by atoms with Gasteiger partial charge in [0.25, 0.3) is 6.43 Å². The molecule has 0 unspecified atom stereocenters. The maximum atomic E-state index is 12.5. The van der Waals surface area contributed by atoms with Gasteiger partial charge in [0.15, 0.2) is 0 Å². The first-order valence-electron chi connectivity index (χ1n) is 4.13. The number of pyridine rings is 1. The van der Waals surface area contributed by atoms with Crippen molar-refractivity contribution in [2.75, 3.05) is 0 Å². The molecule has 0 saturated heterocycles. The average molecular weight is 232 g/mol. The van der Waals surface area contributed by atoms with Crippen LogP contribution in [0, 0.1) is 11.3 Å². The molecule has 3 nitrogen and oxygen atoms in total. The maximum absolute atomic E-state index is 12.5. The van der Waals surface area contributed by atoms with Gasteiger partial charge >= 0.3 is 0 Å². The van der Waals surface area contributed by atoms with Crippen molar-refractivity contribution in [2.45, 2.75) is 19.4 Å². The monoisotopic (exact) mass is 231 g/mol. The molecule has 0 aromatic carbocycles. The summed E-state index contributed by atoms with van der Waals surface area (Å²) in [6.07, 6.45) is -2.87. The Morgan fingerprint density at radius 1 is 1.53 bits per heavy atom. The van der Waals surface area contributed by atoms with Crippen LogP contribution in [0.25, 0.3) is 0 Å². The van der Waals surface area contributed by atoms with Crippen molar-refractivity contribution < 1.29 is 8.78 Å². The third kappa shape index (κ3) is 2.61. The minimum atomic E-state index is -2.74. The molecule has 0 saturated carbocycles. The van der Waals surface area contributed by atoms with E-state index in [0.29, 0.717) is 5.56 Å². The van der Waals surface area contributed by atoms with Gasteiger partial charge in [-0.05, 0) is 11.6 Å². The van der Waals surface area contributed by atoms with Gasteiger partial charge in [0.05, 0.1) is 12.5 Å². The molecule has 0 atom stereocenters. The van der Waals surface area contributed by atoms with Crippen molar-refractivity contribution in [1.82, 2.24) is 4.98 Å². The molecule has 0 radical (unpaired) electrons. The van der Waals surface area contributed by atoms with E-state index in [1.807, 2.05) is 0 Å². The zero-order valence-electron chi connectivity index (χ0n) is 7.67. The number of hydrogen-bond donors (Lipinski definition) is 1. The number of nitrogens with zero attached hydrogens (tertiary/aromatic N) is 2. The predicted molar refractivity (Wildman–Crippen MR) is 51.4 cm³/mol. The third-order valence-corrected chi connectivity index (χ3v) is 2.18. The fourth-order valence-corrected chi connectivity index (χ4v) is 1.37. The fraction of sp³-hybridized carbons (Fsp3) is 0.333. The number of halogens is 3. The van der Waals surface area contributed by atoms with Crippen LogP contribution in [0.15, 0.2) is 6.07 Å². The summed E-state index contributed by atoms with van der Waals surface area (Å²) in [5.41, 5.74) is 5.54. The zero-order valence-corrected chi connectivity index (χ0v) is 8.43. The van der Waals surface area contributed by atoms with E-state index >= 15 is 0 Å². The van der Waals surface area contributed by atoms with Crippen LogP contribution in [0.5, 0.6) is 0 Å². The van der Waals surface area contributed by atoms with Gasteiger partial charge in [-0.1, -0.05) is 11.6 Å². The average Bonchev–Trinajstić information content (AvgIpc) is 2.20. The summed E-state index contributed by atoms with van der Waals surface area (Å²) in [5, 5.41) is 8.44. The summed E-state index contributed by atoms with van der Waals surface area (Å²) in [4.78, 5) is 3.55. The fourth-order valence-electron chi connectivity index (χ4n) is 1.15. The molecule has 1 aromatic heterocycles. The molecule has 0 aliphatic heterocycles. The van der Waals surface area contributed by atoms with E-state index in [2.05, 4.69) is 4.98 Å². The number of hydrogen-bond acceptors (Lipinski definition) is 3. The number of nitriles is 1. The first kappa shape index (κ1) is 11.8. The second-order valence-corrected chi connectivity index (χ2v) is 3.18. The summed E-state index contributed by atoms with van der Waals surface area (Å²) in [6, 6.07) is 3.20. The van der Waals surface area contributed by atoms with Crippen molar-refractivity contribution in [1.29, 1.82) is 5.26 Å². The number of aromatic nitrogens is 1. The summed E-state index contributed by atoms with van der Waals surface area (Å²) < 4.78 is 25.0. The van der Waals surface area contributed by atoms with Gasteiger partial charge in [0, 0.05) is 12.1 Å². The van der Waals surface area contributed by atoms with E-state index in [9.17, 15) is 8.78 Å². The van der Waals surface area contributed by atoms with E-state index in [4.69, 9.17) is 22.6 Å². The molecule has 0 fully saturated rings. The van der Waals surface area contributed by atoms with Crippen molar-refractivity contribution in [3.63, 3.8) is 0 Å². The maximum Gasteiger partial charge on any atom is 0.280 e. The van der Waals surface area contributed by atoms with Crippen LogP contribution in [0.2, 0.25) is 5.15 Å². The Bertz CT molecular complexity index is 401. The lowest BCUT2D eigenvalue weighted by molar-refractivity contribution is 0.145. The Morgan fingerprint density at radius 2 is 2.20 bits per heavy atom. The number of alkyl halides is 2. The molecule has 1 rings (SSSR count). The van der Waals surface area contributed by atoms with Crippen molar-refractivity contribution in [3.8, 4) is 6.07 Å². The SMILES string of the molecule is N#CCc1cc(CN)c(Cl)nc1C(F)F. The molecular weight excluding hydrogens is 224 g/mol. The lowest BCUT2D eigenvalue weighted by Gasteiger charge is -2.08.